The molecule has 3 rings (SSSR count). The molecule has 0 bridgehead atoms. The Labute approximate surface area is 143 Å². The predicted molar refractivity (Wildman–Crippen MR) is 88.9 cm³/mol. The number of halogens is 1. The topological polar surface area (TPSA) is 75.9 Å². The molecule has 2 N–H and O–H groups in total. The van der Waals surface area contributed by atoms with Gasteiger partial charge in [0, 0.05) is 30.7 Å². The zero-order valence-electron chi connectivity index (χ0n) is 12.8. The predicted octanol–water partition coefficient (Wildman–Crippen LogP) is 0.990. The summed E-state index contributed by atoms with van der Waals surface area (Å²) in [6.07, 6.45) is 1.54. The number of benzene rings is 1. The van der Waals surface area contributed by atoms with Crippen LogP contribution < -0.4 is 10.5 Å². The molecule has 124 valence electrons. The van der Waals surface area contributed by atoms with E-state index in [-0.39, 0.29) is 18.4 Å². The van der Waals surface area contributed by atoms with Crippen LogP contribution in [0.4, 0.5) is 0 Å². The number of carbonyl (C=O) groups excluding carboxylic acids is 2. The van der Waals surface area contributed by atoms with Gasteiger partial charge in [-0.1, -0.05) is 15.9 Å². The molecule has 0 aromatic heterocycles. The third-order valence-corrected chi connectivity index (χ3v) is 4.84. The van der Waals surface area contributed by atoms with Gasteiger partial charge in [-0.05, 0) is 37.1 Å². The molecular formula is C16H20BrN3O3. The molecule has 0 unspecified atom stereocenters. The van der Waals surface area contributed by atoms with Crippen molar-refractivity contribution in [3.8, 4) is 5.75 Å². The quantitative estimate of drug-likeness (QED) is 0.843. The summed E-state index contributed by atoms with van der Waals surface area (Å²) in [6, 6.07) is 7.35. The van der Waals surface area contributed by atoms with E-state index in [9.17, 15) is 9.59 Å². The van der Waals surface area contributed by atoms with E-state index in [2.05, 4.69) is 15.9 Å². The van der Waals surface area contributed by atoms with Gasteiger partial charge in [-0.15, -0.1) is 0 Å². The third-order valence-electron chi connectivity index (χ3n) is 4.31. The second-order valence-corrected chi connectivity index (χ2v) is 6.99. The van der Waals surface area contributed by atoms with Crippen molar-refractivity contribution >= 4 is 27.7 Å². The lowest BCUT2D eigenvalue weighted by molar-refractivity contribution is -0.141. The van der Waals surface area contributed by atoms with Crippen molar-refractivity contribution in [1.29, 1.82) is 0 Å². The number of ether oxygens (including phenoxy) is 1. The van der Waals surface area contributed by atoms with Crippen LogP contribution in [0.2, 0.25) is 0 Å². The van der Waals surface area contributed by atoms with Gasteiger partial charge in [-0.2, -0.15) is 0 Å². The van der Waals surface area contributed by atoms with Gasteiger partial charge in [0.1, 0.15) is 5.75 Å². The minimum atomic E-state index is -0.628. The van der Waals surface area contributed by atoms with Crippen molar-refractivity contribution in [2.75, 3.05) is 32.8 Å². The lowest BCUT2D eigenvalue weighted by Crippen LogP contribution is -2.55. The summed E-state index contributed by atoms with van der Waals surface area (Å²) in [7, 11) is 0. The van der Waals surface area contributed by atoms with E-state index < -0.39 is 5.54 Å². The Hall–Kier alpha value is -1.60. The van der Waals surface area contributed by atoms with Crippen molar-refractivity contribution in [2.24, 2.45) is 5.73 Å². The van der Waals surface area contributed by atoms with Crippen LogP contribution in [0, 0.1) is 0 Å². The maximum atomic E-state index is 12.2. The van der Waals surface area contributed by atoms with Crippen molar-refractivity contribution in [1.82, 2.24) is 9.80 Å². The molecule has 0 radical (unpaired) electrons. The molecule has 6 nitrogen and oxygen atoms in total. The highest BCUT2D eigenvalue weighted by Crippen LogP contribution is 2.34. The van der Waals surface area contributed by atoms with E-state index in [1.165, 1.54) is 0 Å². The number of nitrogens with zero attached hydrogens (tertiary/aromatic N) is 2. The standard InChI is InChI=1S/C16H20BrN3O3/c17-12-1-3-13(4-2-12)23-11-14(21)19-7-9-20(10-8-19)15(22)16(18)5-6-16/h1-4H,5-11,18H2. The second-order valence-electron chi connectivity index (χ2n) is 6.07. The number of nitrogens with two attached hydrogens (primary N) is 1. The molecule has 1 aliphatic heterocycles. The maximum absolute atomic E-state index is 12.2. The first kappa shape index (κ1) is 16.3. The molecule has 2 amide bonds. The van der Waals surface area contributed by atoms with Gasteiger partial charge >= 0.3 is 0 Å². The monoisotopic (exact) mass is 381 g/mol. The van der Waals surface area contributed by atoms with Gasteiger partial charge in [0.05, 0.1) is 5.54 Å². The summed E-state index contributed by atoms with van der Waals surface area (Å²) in [4.78, 5) is 27.9. The first-order valence-electron chi connectivity index (χ1n) is 7.72. The van der Waals surface area contributed by atoms with Crippen LogP contribution in [0.25, 0.3) is 0 Å². The maximum Gasteiger partial charge on any atom is 0.260 e. The minimum Gasteiger partial charge on any atom is -0.484 e. The van der Waals surface area contributed by atoms with Crippen molar-refractivity contribution < 1.29 is 14.3 Å². The zero-order chi connectivity index (χ0) is 16.4. The van der Waals surface area contributed by atoms with Crippen LogP contribution in [0.5, 0.6) is 5.75 Å². The van der Waals surface area contributed by atoms with Crippen molar-refractivity contribution in [3.05, 3.63) is 28.7 Å². The number of hydrogen-bond acceptors (Lipinski definition) is 4. The summed E-state index contributed by atoms with van der Waals surface area (Å²) in [5.41, 5.74) is 5.31. The van der Waals surface area contributed by atoms with Crippen LogP contribution in [0.15, 0.2) is 28.7 Å². The SMILES string of the molecule is NC1(C(=O)N2CCN(C(=O)COc3ccc(Br)cc3)CC2)CC1. The molecule has 0 atom stereocenters. The smallest absolute Gasteiger partial charge is 0.260 e. The van der Waals surface area contributed by atoms with Crippen molar-refractivity contribution in [2.45, 2.75) is 18.4 Å². The Morgan fingerprint density at radius 3 is 2.22 bits per heavy atom. The lowest BCUT2D eigenvalue weighted by atomic mass is 10.2. The third kappa shape index (κ3) is 3.84. The first-order chi connectivity index (χ1) is 11.0. The van der Waals surface area contributed by atoms with E-state index >= 15 is 0 Å². The summed E-state index contributed by atoms with van der Waals surface area (Å²) >= 11 is 3.35. The Balaban J connectivity index is 1.44. The van der Waals surface area contributed by atoms with Gasteiger partial charge in [0.2, 0.25) is 5.91 Å². The van der Waals surface area contributed by atoms with E-state index in [4.69, 9.17) is 10.5 Å². The second kappa shape index (κ2) is 6.49. The molecule has 7 heteroatoms. The van der Waals surface area contributed by atoms with Gasteiger partial charge in [0.15, 0.2) is 6.61 Å². The van der Waals surface area contributed by atoms with Crippen LogP contribution in [0.3, 0.4) is 0 Å². The molecule has 1 saturated heterocycles. The highest BCUT2D eigenvalue weighted by atomic mass is 79.9. The average Bonchev–Trinajstić information content (AvgIpc) is 3.32. The molecule has 1 saturated carbocycles. The van der Waals surface area contributed by atoms with Crippen molar-refractivity contribution in [3.63, 3.8) is 0 Å². The molecular weight excluding hydrogens is 362 g/mol. The number of hydrogen-bond donors (Lipinski definition) is 1. The summed E-state index contributed by atoms with van der Waals surface area (Å²) in [5, 5.41) is 0. The molecule has 0 spiro atoms. The van der Waals surface area contributed by atoms with Gasteiger partial charge in [-0.25, -0.2) is 0 Å². The van der Waals surface area contributed by atoms with E-state index in [1.807, 2.05) is 24.3 Å². The Bertz CT molecular complexity index is 593. The molecule has 1 aromatic carbocycles. The van der Waals surface area contributed by atoms with E-state index in [1.54, 1.807) is 9.80 Å². The number of piperazine rings is 1. The fourth-order valence-corrected chi connectivity index (χ4v) is 2.85. The fourth-order valence-electron chi connectivity index (χ4n) is 2.59. The van der Waals surface area contributed by atoms with E-state index in [0.29, 0.717) is 31.9 Å². The number of rotatable bonds is 4. The molecule has 1 heterocycles. The molecule has 1 aliphatic carbocycles. The van der Waals surface area contributed by atoms with Gasteiger partial charge in [-0.3, -0.25) is 9.59 Å². The van der Waals surface area contributed by atoms with Crippen LogP contribution in [0.1, 0.15) is 12.8 Å². The Morgan fingerprint density at radius 2 is 1.65 bits per heavy atom. The summed E-state index contributed by atoms with van der Waals surface area (Å²) in [6.45, 7) is 2.16. The number of carbonyl (C=O) groups is 2. The first-order valence-corrected chi connectivity index (χ1v) is 8.52. The van der Waals surface area contributed by atoms with Gasteiger partial charge < -0.3 is 20.3 Å². The molecule has 1 aromatic rings. The summed E-state index contributed by atoms with van der Waals surface area (Å²) < 4.78 is 6.47. The summed E-state index contributed by atoms with van der Waals surface area (Å²) in [5.74, 6) is 0.624. The minimum absolute atomic E-state index is 0.0103. The highest BCUT2D eigenvalue weighted by Gasteiger charge is 2.48. The van der Waals surface area contributed by atoms with Gasteiger partial charge in [0.25, 0.3) is 5.91 Å². The fraction of sp³-hybridized carbons (Fsp3) is 0.500. The molecule has 2 aliphatic rings. The Morgan fingerprint density at radius 1 is 1.09 bits per heavy atom. The zero-order valence-corrected chi connectivity index (χ0v) is 14.4. The van der Waals surface area contributed by atoms with Crippen LogP contribution in [-0.4, -0.2) is 59.9 Å². The molecule has 23 heavy (non-hydrogen) atoms. The molecule has 2 fully saturated rings. The Kier molecular flexibility index (Phi) is 4.59. The lowest BCUT2D eigenvalue weighted by Gasteiger charge is -2.36. The normalized spacial score (nSPS) is 19.4. The number of amides is 2. The average molecular weight is 382 g/mol. The largest absolute Gasteiger partial charge is 0.484 e. The van der Waals surface area contributed by atoms with Crippen LogP contribution in [-0.2, 0) is 9.59 Å². The highest BCUT2D eigenvalue weighted by molar-refractivity contribution is 9.10. The van der Waals surface area contributed by atoms with E-state index in [0.717, 1.165) is 17.3 Å². The van der Waals surface area contributed by atoms with Crippen LogP contribution >= 0.6 is 15.9 Å².